The molecule has 5 nitrogen and oxygen atoms in total. The summed E-state index contributed by atoms with van der Waals surface area (Å²) < 4.78 is 10.6. The average Bonchev–Trinajstić information content (AvgIpc) is 2.33. The van der Waals surface area contributed by atoms with Crippen LogP contribution >= 0.6 is 0 Å². The number of nitro groups is 1. The monoisotopic (exact) mass is 237 g/mol. The minimum absolute atomic E-state index is 0.503. The Morgan fingerprint density at radius 2 is 2.18 bits per heavy atom. The molecule has 0 fully saturated rings. The highest BCUT2D eigenvalue weighted by Crippen LogP contribution is 2.28. The topological polar surface area (TPSA) is 61.6 Å². The van der Waals surface area contributed by atoms with Crippen LogP contribution in [0, 0.1) is 10.1 Å². The summed E-state index contributed by atoms with van der Waals surface area (Å²) in [5, 5.41) is 10.2. The second-order valence-corrected chi connectivity index (χ2v) is 3.36. The first-order valence-corrected chi connectivity index (χ1v) is 5.30. The van der Waals surface area contributed by atoms with E-state index in [4.69, 9.17) is 9.47 Å². The molecule has 0 bridgehead atoms. The molecule has 17 heavy (non-hydrogen) atoms. The number of hydrogen-bond donors (Lipinski definition) is 0. The third kappa shape index (κ3) is 4.14. The van der Waals surface area contributed by atoms with Crippen molar-refractivity contribution in [2.45, 2.75) is 13.3 Å². The lowest BCUT2D eigenvalue weighted by molar-refractivity contribution is -0.400. The van der Waals surface area contributed by atoms with Gasteiger partial charge in [0.15, 0.2) is 11.5 Å². The molecule has 0 aromatic heterocycles. The SMILES string of the molecule is CCCOc1cc(C=C[N+](=O)[O-])ccc1OC. The van der Waals surface area contributed by atoms with Crippen LogP contribution in [0.1, 0.15) is 18.9 Å². The summed E-state index contributed by atoms with van der Waals surface area (Å²) >= 11 is 0. The molecule has 0 saturated heterocycles. The molecule has 0 unspecified atom stereocenters. The highest BCUT2D eigenvalue weighted by molar-refractivity contribution is 5.55. The molecule has 92 valence electrons. The summed E-state index contributed by atoms with van der Waals surface area (Å²) in [6, 6.07) is 5.18. The van der Waals surface area contributed by atoms with Gasteiger partial charge in [-0.3, -0.25) is 10.1 Å². The zero-order valence-corrected chi connectivity index (χ0v) is 9.88. The van der Waals surface area contributed by atoms with E-state index in [1.165, 1.54) is 6.08 Å². The maximum Gasteiger partial charge on any atom is 0.235 e. The van der Waals surface area contributed by atoms with Crippen LogP contribution < -0.4 is 9.47 Å². The van der Waals surface area contributed by atoms with Gasteiger partial charge in [0.2, 0.25) is 6.20 Å². The Morgan fingerprint density at radius 1 is 1.41 bits per heavy atom. The van der Waals surface area contributed by atoms with Crippen molar-refractivity contribution in [2.75, 3.05) is 13.7 Å². The molecule has 1 aromatic carbocycles. The molecule has 0 heterocycles. The van der Waals surface area contributed by atoms with Crippen molar-refractivity contribution in [1.82, 2.24) is 0 Å². The Labute approximate surface area is 99.8 Å². The standard InChI is InChI=1S/C12H15NO4/c1-3-8-17-12-9-10(6-7-13(14)15)4-5-11(12)16-2/h4-7,9H,3,8H2,1-2H3. The Kier molecular flexibility index (Phi) is 5.00. The molecule has 5 heteroatoms. The van der Waals surface area contributed by atoms with Gasteiger partial charge in [-0.2, -0.15) is 0 Å². The summed E-state index contributed by atoms with van der Waals surface area (Å²) in [7, 11) is 1.56. The second kappa shape index (κ2) is 6.52. The van der Waals surface area contributed by atoms with E-state index in [9.17, 15) is 10.1 Å². The largest absolute Gasteiger partial charge is 0.493 e. The molecule has 0 spiro atoms. The van der Waals surface area contributed by atoms with Crippen molar-refractivity contribution < 1.29 is 14.4 Å². The van der Waals surface area contributed by atoms with Gasteiger partial charge < -0.3 is 9.47 Å². The second-order valence-electron chi connectivity index (χ2n) is 3.36. The van der Waals surface area contributed by atoms with Gasteiger partial charge in [-0.05, 0) is 24.1 Å². The lowest BCUT2D eigenvalue weighted by Gasteiger charge is -2.10. The summed E-state index contributed by atoms with van der Waals surface area (Å²) in [5.41, 5.74) is 0.702. The fraction of sp³-hybridized carbons (Fsp3) is 0.333. The Morgan fingerprint density at radius 3 is 2.76 bits per heavy atom. The van der Waals surface area contributed by atoms with Crippen LogP contribution in [0.5, 0.6) is 11.5 Å². The van der Waals surface area contributed by atoms with E-state index in [1.807, 2.05) is 6.92 Å². The molecule has 0 aliphatic carbocycles. The van der Waals surface area contributed by atoms with Gasteiger partial charge in [-0.25, -0.2) is 0 Å². The van der Waals surface area contributed by atoms with Gasteiger partial charge in [-0.1, -0.05) is 13.0 Å². The zero-order chi connectivity index (χ0) is 12.7. The maximum absolute atomic E-state index is 10.2. The minimum Gasteiger partial charge on any atom is -0.493 e. The fourth-order valence-corrected chi connectivity index (χ4v) is 1.27. The van der Waals surface area contributed by atoms with E-state index in [-0.39, 0.29) is 0 Å². The van der Waals surface area contributed by atoms with Crippen molar-refractivity contribution in [3.63, 3.8) is 0 Å². The van der Waals surface area contributed by atoms with E-state index < -0.39 is 4.92 Å². The van der Waals surface area contributed by atoms with Crippen LogP contribution in [0.4, 0.5) is 0 Å². The van der Waals surface area contributed by atoms with Crippen LogP contribution in [0.2, 0.25) is 0 Å². The lowest BCUT2D eigenvalue weighted by Crippen LogP contribution is -1.98. The maximum atomic E-state index is 10.2. The molecule has 0 radical (unpaired) electrons. The Bertz CT molecular complexity index is 415. The first-order chi connectivity index (χ1) is 8.17. The third-order valence-corrected chi connectivity index (χ3v) is 2.04. The number of rotatable bonds is 6. The molecule has 0 aliphatic heterocycles. The molecule has 0 atom stereocenters. The molecular formula is C12H15NO4. The lowest BCUT2D eigenvalue weighted by atomic mass is 10.2. The summed E-state index contributed by atoms with van der Waals surface area (Å²) in [6.45, 7) is 2.59. The highest BCUT2D eigenvalue weighted by Gasteiger charge is 2.04. The van der Waals surface area contributed by atoms with Gasteiger partial charge >= 0.3 is 0 Å². The van der Waals surface area contributed by atoms with E-state index in [1.54, 1.807) is 25.3 Å². The number of hydrogen-bond acceptors (Lipinski definition) is 4. The van der Waals surface area contributed by atoms with Crippen LogP contribution in [-0.2, 0) is 0 Å². The molecular weight excluding hydrogens is 222 g/mol. The van der Waals surface area contributed by atoms with Crippen molar-refractivity contribution >= 4 is 6.08 Å². The number of ether oxygens (including phenoxy) is 2. The van der Waals surface area contributed by atoms with Gasteiger partial charge in [0.05, 0.1) is 18.6 Å². The van der Waals surface area contributed by atoms with E-state index >= 15 is 0 Å². The predicted octanol–water partition coefficient (Wildman–Crippen LogP) is 2.73. The van der Waals surface area contributed by atoms with Crippen molar-refractivity contribution in [2.24, 2.45) is 0 Å². The number of benzene rings is 1. The van der Waals surface area contributed by atoms with Gasteiger partial charge in [0.25, 0.3) is 0 Å². The van der Waals surface area contributed by atoms with E-state index in [0.717, 1.165) is 12.6 Å². The molecule has 0 saturated carbocycles. The summed E-state index contributed by atoms with van der Waals surface area (Å²) in [4.78, 5) is 9.71. The summed E-state index contributed by atoms with van der Waals surface area (Å²) in [6.07, 6.45) is 3.20. The van der Waals surface area contributed by atoms with E-state index in [2.05, 4.69) is 0 Å². The Balaban J connectivity index is 2.91. The van der Waals surface area contributed by atoms with Crippen LogP contribution in [0.3, 0.4) is 0 Å². The smallest absolute Gasteiger partial charge is 0.235 e. The normalized spacial score (nSPS) is 10.5. The average molecular weight is 237 g/mol. The Hall–Kier alpha value is -2.04. The molecule has 0 N–H and O–H groups in total. The molecule has 0 amide bonds. The highest BCUT2D eigenvalue weighted by atomic mass is 16.6. The number of methoxy groups -OCH3 is 1. The molecule has 0 aliphatic rings. The first kappa shape index (κ1) is 13.0. The molecule has 1 rings (SSSR count). The predicted molar refractivity (Wildman–Crippen MR) is 64.8 cm³/mol. The van der Waals surface area contributed by atoms with Crippen molar-refractivity contribution in [3.05, 3.63) is 40.1 Å². The fourth-order valence-electron chi connectivity index (χ4n) is 1.27. The van der Waals surface area contributed by atoms with Crippen LogP contribution in [0.15, 0.2) is 24.4 Å². The summed E-state index contributed by atoms with van der Waals surface area (Å²) in [5.74, 6) is 1.22. The first-order valence-electron chi connectivity index (χ1n) is 5.30. The third-order valence-electron chi connectivity index (χ3n) is 2.04. The van der Waals surface area contributed by atoms with Crippen molar-refractivity contribution in [3.8, 4) is 11.5 Å². The van der Waals surface area contributed by atoms with Gasteiger partial charge in [0, 0.05) is 6.08 Å². The van der Waals surface area contributed by atoms with Crippen LogP contribution in [0.25, 0.3) is 6.08 Å². The van der Waals surface area contributed by atoms with E-state index in [0.29, 0.717) is 23.7 Å². The number of nitrogens with zero attached hydrogens (tertiary/aromatic N) is 1. The van der Waals surface area contributed by atoms with Gasteiger partial charge in [-0.15, -0.1) is 0 Å². The molecule has 1 aromatic rings. The quantitative estimate of drug-likeness (QED) is 0.563. The zero-order valence-electron chi connectivity index (χ0n) is 9.88. The van der Waals surface area contributed by atoms with Crippen molar-refractivity contribution in [1.29, 1.82) is 0 Å². The van der Waals surface area contributed by atoms with Gasteiger partial charge in [0.1, 0.15) is 0 Å². The van der Waals surface area contributed by atoms with Crippen LogP contribution in [-0.4, -0.2) is 18.6 Å². The minimum atomic E-state index is -0.503.